The SMILES string of the molecule is COc1ccc(C=Cc2nc(-c3ccc(=O)[nH]c3)no2)cc1. The highest BCUT2D eigenvalue weighted by Crippen LogP contribution is 2.16. The first-order chi connectivity index (χ1) is 10.7. The van der Waals surface area contributed by atoms with Crippen molar-refractivity contribution in [3.63, 3.8) is 0 Å². The van der Waals surface area contributed by atoms with Crippen molar-refractivity contribution < 1.29 is 9.26 Å². The maximum atomic E-state index is 11.0. The minimum Gasteiger partial charge on any atom is -0.497 e. The lowest BCUT2D eigenvalue weighted by molar-refractivity contribution is 0.411. The first-order valence-electron chi connectivity index (χ1n) is 6.59. The second kappa shape index (κ2) is 6.09. The van der Waals surface area contributed by atoms with Crippen molar-refractivity contribution in [2.24, 2.45) is 0 Å². The Kier molecular flexibility index (Phi) is 3.82. The molecule has 3 rings (SSSR count). The van der Waals surface area contributed by atoms with Crippen LogP contribution in [-0.4, -0.2) is 22.2 Å². The van der Waals surface area contributed by atoms with Gasteiger partial charge in [-0.2, -0.15) is 4.98 Å². The molecule has 0 saturated carbocycles. The molecule has 0 aliphatic rings. The number of ether oxygens (including phenoxy) is 1. The molecule has 2 heterocycles. The van der Waals surface area contributed by atoms with Crippen LogP contribution in [0.2, 0.25) is 0 Å². The van der Waals surface area contributed by atoms with Crippen molar-refractivity contribution >= 4 is 12.2 Å². The van der Waals surface area contributed by atoms with Crippen molar-refractivity contribution in [2.45, 2.75) is 0 Å². The number of hydrogen-bond donors (Lipinski definition) is 1. The fourth-order valence-electron chi connectivity index (χ4n) is 1.85. The summed E-state index contributed by atoms with van der Waals surface area (Å²) in [5, 5.41) is 3.88. The maximum Gasteiger partial charge on any atom is 0.250 e. The van der Waals surface area contributed by atoms with Crippen LogP contribution in [0.1, 0.15) is 11.5 Å². The fraction of sp³-hybridized carbons (Fsp3) is 0.0625. The zero-order chi connectivity index (χ0) is 15.4. The van der Waals surface area contributed by atoms with E-state index in [1.54, 1.807) is 25.4 Å². The molecule has 0 bridgehead atoms. The van der Waals surface area contributed by atoms with E-state index in [-0.39, 0.29) is 5.56 Å². The summed E-state index contributed by atoms with van der Waals surface area (Å²) in [4.78, 5) is 17.8. The Morgan fingerprint density at radius 2 is 1.95 bits per heavy atom. The van der Waals surface area contributed by atoms with E-state index in [0.29, 0.717) is 17.3 Å². The molecule has 0 radical (unpaired) electrons. The van der Waals surface area contributed by atoms with Crippen LogP contribution in [0.15, 0.2) is 51.9 Å². The van der Waals surface area contributed by atoms with Gasteiger partial charge in [-0.1, -0.05) is 17.3 Å². The third-order valence-corrected chi connectivity index (χ3v) is 3.02. The molecule has 0 atom stereocenters. The minimum atomic E-state index is -0.174. The Labute approximate surface area is 126 Å². The summed E-state index contributed by atoms with van der Waals surface area (Å²) < 4.78 is 10.3. The number of hydrogen-bond acceptors (Lipinski definition) is 5. The van der Waals surface area contributed by atoms with E-state index >= 15 is 0 Å². The average molecular weight is 295 g/mol. The molecular formula is C16H13N3O3. The van der Waals surface area contributed by atoms with Gasteiger partial charge in [-0.3, -0.25) is 4.79 Å². The summed E-state index contributed by atoms with van der Waals surface area (Å²) in [5.41, 5.74) is 1.50. The summed E-state index contributed by atoms with van der Waals surface area (Å²) in [6.07, 6.45) is 5.14. The topological polar surface area (TPSA) is 81.0 Å². The van der Waals surface area contributed by atoms with Gasteiger partial charge in [0, 0.05) is 23.9 Å². The Morgan fingerprint density at radius 3 is 2.64 bits per heavy atom. The largest absolute Gasteiger partial charge is 0.497 e. The highest BCUT2D eigenvalue weighted by Gasteiger charge is 2.06. The number of H-pyrrole nitrogens is 1. The quantitative estimate of drug-likeness (QED) is 0.800. The standard InChI is InChI=1S/C16H13N3O3/c1-21-13-6-2-11(3-7-13)4-9-15-18-16(19-22-15)12-5-8-14(20)17-10-12/h2-10H,1H3,(H,17,20). The molecule has 0 saturated heterocycles. The van der Waals surface area contributed by atoms with Crippen molar-refractivity contribution in [2.75, 3.05) is 7.11 Å². The minimum absolute atomic E-state index is 0.174. The number of benzene rings is 1. The lowest BCUT2D eigenvalue weighted by atomic mass is 10.2. The Balaban J connectivity index is 1.77. The predicted octanol–water partition coefficient (Wildman–Crippen LogP) is 2.60. The molecule has 110 valence electrons. The molecule has 6 heteroatoms. The van der Waals surface area contributed by atoms with Gasteiger partial charge >= 0.3 is 0 Å². The van der Waals surface area contributed by atoms with Gasteiger partial charge in [0.25, 0.3) is 5.89 Å². The average Bonchev–Trinajstić information content (AvgIpc) is 3.03. The van der Waals surface area contributed by atoms with Gasteiger partial charge in [-0.25, -0.2) is 0 Å². The van der Waals surface area contributed by atoms with Crippen molar-refractivity contribution in [1.82, 2.24) is 15.1 Å². The Morgan fingerprint density at radius 1 is 1.14 bits per heavy atom. The van der Waals surface area contributed by atoms with Crippen LogP contribution < -0.4 is 10.3 Å². The van der Waals surface area contributed by atoms with Crippen LogP contribution in [0.25, 0.3) is 23.5 Å². The molecule has 0 amide bonds. The van der Waals surface area contributed by atoms with Gasteiger partial charge in [0.1, 0.15) is 5.75 Å². The number of methoxy groups -OCH3 is 1. The van der Waals surface area contributed by atoms with Crippen molar-refractivity contribution in [3.8, 4) is 17.1 Å². The van der Waals surface area contributed by atoms with Gasteiger partial charge in [-0.05, 0) is 29.8 Å². The molecule has 1 aromatic carbocycles. The molecule has 2 aromatic heterocycles. The number of aromatic nitrogens is 3. The summed E-state index contributed by atoms with van der Waals surface area (Å²) in [6.45, 7) is 0. The lowest BCUT2D eigenvalue weighted by Crippen LogP contribution is -2.01. The molecular weight excluding hydrogens is 282 g/mol. The third-order valence-electron chi connectivity index (χ3n) is 3.02. The van der Waals surface area contributed by atoms with Gasteiger partial charge in [0.05, 0.1) is 7.11 Å². The second-order valence-corrected chi connectivity index (χ2v) is 4.50. The number of nitrogens with zero attached hydrogens (tertiary/aromatic N) is 2. The number of aromatic amines is 1. The van der Waals surface area contributed by atoms with E-state index in [1.807, 2.05) is 30.3 Å². The maximum absolute atomic E-state index is 11.0. The van der Waals surface area contributed by atoms with Crippen LogP contribution >= 0.6 is 0 Å². The van der Waals surface area contributed by atoms with Crippen molar-refractivity contribution in [3.05, 3.63) is 64.4 Å². The van der Waals surface area contributed by atoms with E-state index < -0.39 is 0 Å². The van der Waals surface area contributed by atoms with Gasteiger partial charge in [-0.15, -0.1) is 0 Å². The molecule has 0 fully saturated rings. The second-order valence-electron chi connectivity index (χ2n) is 4.50. The molecule has 0 aliphatic heterocycles. The molecule has 0 spiro atoms. The summed E-state index contributed by atoms with van der Waals surface area (Å²) >= 11 is 0. The highest BCUT2D eigenvalue weighted by atomic mass is 16.5. The summed E-state index contributed by atoms with van der Waals surface area (Å²) in [5.74, 6) is 1.61. The Hall–Kier alpha value is -3.15. The molecule has 0 aliphatic carbocycles. The van der Waals surface area contributed by atoms with Gasteiger partial charge in [0.15, 0.2) is 0 Å². The van der Waals surface area contributed by atoms with E-state index in [0.717, 1.165) is 11.3 Å². The van der Waals surface area contributed by atoms with Crippen molar-refractivity contribution in [1.29, 1.82) is 0 Å². The smallest absolute Gasteiger partial charge is 0.250 e. The van der Waals surface area contributed by atoms with Crippen LogP contribution in [0.5, 0.6) is 5.75 Å². The van der Waals surface area contributed by atoms with E-state index in [1.165, 1.54) is 6.07 Å². The highest BCUT2D eigenvalue weighted by molar-refractivity contribution is 5.67. The fourth-order valence-corrected chi connectivity index (χ4v) is 1.85. The van der Waals surface area contributed by atoms with E-state index in [9.17, 15) is 4.79 Å². The number of nitrogens with one attached hydrogen (secondary N) is 1. The van der Waals surface area contributed by atoms with Crippen LogP contribution in [0.3, 0.4) is 0 Å². The monoisotopic (exact) mass is 295 g/mol. The van der Waals surface area contributed by atoms with Crippen LogP contribution in [0.4, 0.5) is 0 Å². The first-order valence-corrected chi connectivity index (χ1v) is 6.59. The van der Waals surface area contributed by atoms with E-state index in [4.69, 9.17) is 9.26 Å². The predicted molar refractivity (Wildman–Crippen MR) is 82.3 cm³/mol. The summed E-state index contributed by atoms with van der Waals surface area (Å²) in [6, 6.07) is 10.7. The van der Waals surface area contributed by atoms with Crippen LogP contribution in [-0.2, 0) is 0 Å². The molecule has 6 nitrogen and oxygen atoms in total. The summed E-state index contributed by atoms with van der Waals surface area (Å²) in [7, 11) is 1.63. The molecule has 0 unspecified atom stereocenters. The normalized spacial score (nSPS) is 11.0. The molecule has 1 N–H and O–H groups in total. The third kappa shape index (κ3) is 3.12. The van der Waals surface area contributed by atoms with Crippen LogP contribution in [0, 0.1) is 0 Å². The first kappa shape index (κ1) is 13.8. The zero-order valence-electron chi connectivity index (χ0n) is 11.8. The number of pyridine rings is 1. The molecule has 3 aromatic rings. The number of rotatable bonds is 4. The van der Waals surface area contributed by atoms with E-state index in [2.05, 4.69) is 15.1 Å². The Bertz CT molecular complexity index is 827. The lowest BCUT2D eigenvalue weighted by Gasteiger charge is -1.98. The van der Waals surface area contributed by atoms with Gasteiger partial charge < -0.3 is 14.2 Å². The van der Waals surface area contributed by atoms with Gasteiger partial charge in [0.2, 0.25) is 11.4 Å². The zero-order valence-corrected chi connectivity index (χ0v) is 11.8. The molecule has 22 heavy (non-hydrogen) atoms.